The highest BCUT2D eigenvalue weighted by Gasteiger charge is 2.25. The van der Waals surface area contributed by atoms with Gasteiger partial charge in [-0.25, -0.2) is 4.98 Å². The van der Waals surface area contributed by atoms with Crippen LogP contribution in [-0.4, -0.2) is 26.6 Å². The number of nitro groups is 2. The molecule has 2 N–H and O–H groups in total. The molecule has 0 aliphatic heterocycles. The molecule has 2 aromatic carbocycles. The molecule has 3 rings (SSSR count). The molecule has 0 aliphatic rings. The van der Waals surface area contributed by atoms with Crippen LogP contribution in [0.5, 0.6) is 0 Å². The van der Waals surface area contributed by atoms with E-state index in [1.807, 2.05) is 24.3 Å². The molecule has 0 fully saturated rings. The highest BCUT2D eigenvalue weighted by atomic mass is 32.1. The zero-order valence-electron chi connectivity index (χ0n) is 16.9. The van der Waals surface area contributed by atoms with Gasteiger partial charge in [-0.2, -0.15) is 0 Å². The van der Waals surface area contributed by atoms with Crippen LogP contribution in [0.4, 0.5) is 16.5 Å². The van der Waals surface area contributed by atoms with Gasteiger partial charge in [0.25, 0.3) is 17.3 Å². The van der Waals surface area contributed by atoms with Gasteiger partial charge < -0.3 is 5.32 Å². The minimum absolute atomic E-state index is 0.0182. The normalized spacial score (nSPS) is 10.4. The van der Waals surface area contributed by atoms with Crippen LogP contribution in [0.3, 0.4) is 0 Å². The van der Waals surface area contributed by atoms with E-state index in [2.05, 4.69) is 15.6 Å². The molecule has 0 saturated heterocycles. The lowest BCUT2D eigenvalue weighted by Gasteiger charge is -2.06. The van der Waals surface area contributed by atoms with Crippen LogP contribution in [0.25, 0.3) is 11.3 Å². The van der Waals surface area contributed by atoms with E-state index in [0.29, 0.717) is 12.2 Å². The van der Waals surface area contributed by atoms with Crippen LogP contribution in [0, 0.1) is 27.2 Å². The SMILES string of the molecule is CC(=O)NCc1ccc(-c2csc(NC(=O)c3cc([N+](=O)[O-])cc([N+](=O)[O-])c3C)n2)cc1. The number of anilines is 1. The van der Waals surface area contributed by atoms with Gasteiger partial charge in [-0.1, -0.05) is 24.3 Å². The molecule has 32 heavy (non-hydrogen) atoms. The summed E-state index contributed by atoms with van der Waals surface area (Å²) in [5.74, 6) is -0.862. The quantitative estimate of drug-likeness (QED) is 0.405. The van der Waals surface area contributed by atoms with E-state index >= 15 is 0 Å². The Balaban J connectivity index is 1.80. The number of carbonyl (C=O) groups excluding carboxylic acids is 2. The summed E-state index contributed by atoms with van der Waals surface area (Å²) in [5, 5.41) is 29.5. The number of aromatic nitrogens is 1. The molecule has 1 heterocycles. The molecule has 0 bridgehead atoms. The van der Waals surface area contributed by atoms with Crippen LogP contribution in [0.2, 0.25) is 0 Å². The number of nitrogens with zero attached hydrogens (tertiary/aromatic N) is 3. The summed E-state index contributed by atoms with van der Waals surface area (Å²) < 4.78 is 0. The number of hydrogen-bond acceptors (Lipinski definition) is 8. The van der Waals surface area contributed by atoms with Gasteiger partial charge in [0.2, 0.25) is 5.91 Å². The molecule has 0 atom stereocenters. The number of nitrogens with one attached hydrogen (secondary N) is 2. The number of amides is 2. The Kier molecular flexibility index (Phi) is 6.54. The molecular weight excluding hydrogens is 438 g/mol. The van der Waals surface area contributed by atoms with Crippen molar-refractivity contribution in [1.29, 1.82) is 0 Å². The number of non-ortho nitro benzene ring substituents is 1. The summed E-state index contributed by atoms with van der Waals surface area (Å²) in [6, 6.07) is 9.16. The third-order valence-corrected chi connectivity index (χ3v) is 5.29. The first-order valence-corrected chi connectivity index (χ1v) is 10.1. The van der Waals surface area contributed by atoms with Gasteiger partial charge in [0.1, 0.15) is 0 Å². The summed E-state index contributed by atoms with van der Waals surface area (Å²) in [6.07, 6.45) is 0. The average molecular weight is 455 g/mol. The predicted molar refractivity (Wildman–Crippen MR) is 118 cm³/mol. The average Bonchev–Trinajstić information content (AvgIpc) is 3.20. The van der Waals surface area contributed by atoms with Crippen molar-refractivity contribution in [3.8, 4) is 11.3 Å². The second-order valence-corrected chi connectivity index (χ2v) is 7.61. The van der Waals surface area contributed by atoms with Gasteiger partial charge in [0, 0.05) is 36.0 Å². The van der Waals surface area contributed by atoms with Crippen molar-refractivity contribution in [2.75, 3.05) is 5.32 Å². The van der Waals surface area contributed by atoms with Crippen molar-refractivity contribution in [2.45, 2.75) is 20.4 Å². The van der Waals surface area contributed by atoms with Crippen molar-refractivity contribution in [3.05, 3.63) is 78.7 Å². The topological polar surface area (TPSA) is 157 Å². The summed E-state index contributed by atoms with van der Waals surface area (Å²) >= 11 is 1.14. The highest BCUT2D eigenvalue weighted by Crippen LogP contribution is 2.30. The minimum atomic E-state index is -0.791. The van der Waals surface area contributed by atoms with Gasteiger partial charge in [-0.3, -0.25) is 35.1 Å². The first-order valence-electron chi connectivity index (χ1n) is 9.19. The van der Waals surface area contributed by atoms with Crippen molar-refractivity contribution in [2.24, 2.45) is 0 Å². The number of nitro benzene ring substituents is 2. The van der Waals surface area contributed by atoms with Gasteiger partial charge in [0.15, 0.2) is 5.13 Å². The molecule has 0 unspecified atom stereocenters. The molecule has 3 aromatic rings. The number of hydrogen-bond donors (Lipinski definition) is 2. The molecule has 0 aliphatic carbocycles. The van der Waals surface area contributed by atoms with E-state index in [0.717, 1.165) is 34.6 Å². The fourth-order valence-electron chi connectivity index (χ4n) is 2.86. The third kappa shape index (κ3) is 5.10. The van der Waals surface area contributed by atoms with Crippen molar-refractivity contribution in [1.82, 2.24) is 10.3 Å². The molecular formula is C20H17N5O6S. The maximum Gasteiger partial charge on any atom is 0.279 e. The van der Waals surface area contributed by atoms with E-state index in [4.69, 9.17) is 0 Å². The van der Waals surface area contributed by atoms with Crippen LogP contribution in [0.1, 0.15) is 28.4 Å². The van der Waals surface area contributed by atoms with E-state index < -0.39 is 27.1 Å². The van der Waals surface area contributed by atoms with Crippen LogP contribution < -0.4 is 10.6 Å². The maximum absolute atomic E-state index is 12.7. The standard InChI is InChI=1S/C20H17N5O6S/c1-11-16(7-15(24(28)29)8-18(11)25(30)31)19(27)23-20-22-17(10-32-20)14-5-3-13(4-6-14)9-21-12(2)26/h3-8,10H,9H2,1-2H3,(H,21,26)(H,22,23,27). The fraction of sp³-hybridized carbons (Fsp3) is 0.150. The fourth-order valence-corrected chi connectivity index (χ4v) is 3.58. The molecule has 12 heteroatoms. The van der Waals surface area contributed by atoms with Crippen molar-refractivity contribution < 1.29 is 19.4 Å². The van der Waals surface area contributed by atoms with Crippen LogP contribution in [0.15, 0.2) is 41.8 Å². The summed E-state index contributed by atoms with van der Waals surface area (Å²) in [4.78, 5) is 48.8. The largest absolute Gasteiger partial charge is 0.352 e. The van der Waals surface area contributed by atoms with E-state index in [-0.39, 0.29) is 22.2 Å². The Morgan fingerprint density at radius 2 is 1.78 bits per heavy atom. The lowest BCUT2D eigenvalue weighted by molar-refractivity contribution is -0.394. The molecule has 11 nitrogen and oxygen atoms in total. The van der Waals surface area contributed by atoms with E-state index in [1.54, 1.807) is 5.38 Å². The monoisotopic (exact) mass is 455 g/mol. The number of carbonyl (C=O) groups is 2. The second kappa shape index (κ2) is 9.31. The van der Waals surface area contributed by atoms with Gasteiger partial charge in [-0.15, -0.1) is 11.3 Å². The minimum Gasteiger partial charge on any atom is -0.352 e. The smallest absolute Gasteiger partial charge is 0.279 e. The summed E-state index contributed by atoms with van der Waals surface area (Å²) in [5.41, 5.74) is 1.08. The number of rotatable bonds is 7. The lowest BCUT2D eigenvalue weighted by atomic mass is 10.0. The van der Waals surface area contributed by atoms with Gasteiger partial charge >= 0.3 is 0 Å². The molecule has 2 amide bonds. The van der Waals surface area contributed by atoms with Gasteiger partial charge in [0.05, 0.1) is 27.2 Å². The first-order chi connectivity index (χ1) is 15.2. The van der Waals surface area contributed by atoms with Crippen LogP contribution >= 0.6 is 11.3 Å². The molecule has 0 radical (unpaired) electrons. The first kappa shape index (κ1) is 22.5. The highest BCUT2D eigenvalue weighted by molar-refractivity contribution is 7.14. The molecule has 0 spiro atoms. The Bertz CT molecular complexity index is 1220. The lowest BCUT2D eigenvalue weighted by Crippen LogP contribution is -2.18. The predicted octanol–water partition coefficient (Wildman–Crippen LogP) is 3.82. The summed E-state index contributed by atoms with van der Waals surface area (Å²) in [6.45, 7) is 3.20. The van der Waals surface area contributed by atoms with Gasteiger partial charge in [-0.05, 0) is 12.5 Å². The zero-order valence-corrected chi connectivity index (χ0v) is 17.8. The Morgan fingerprint density at radius 1 is 1.09 bits per heavy atom. The number of thiazole rings is 1. The van der Waals surface area contributed by atoms with E-state index in [9.17, 15) is 29.8 Å². The Morgan fingerprint density at radius 3 is 2.38 bits per heavy atom. The maximum atomic E-state index is 12.7. The molecule has 164 valence electrons. The summed E-state index contributed by atoms with van der Waals surface area (Å²) in [7, 11) is 0. The van der Waals surface area contributed by atoms with Crippen molar-refractivity contribution in [3.63, 3.8) is 0 Å². The van der Waals surface area contributed by atoms with Crippen LogP contribution in [-0.2, 0) is 11.3 Å². The zero-order chi connectivity index (χ0) is 23.4. The number of benzene rings is 2. The van der Waals surface area contributed by atoms with Crippen molar-refractivity contribution >= 4 is 39.7 Å². The molecule has 1 aromatic heterocycles. The Hall–Kier alpha value is -4.19. The third-order valence-electron chi connectivity index (χ3n) is 4.53. The second-order valence-electron chi connectivity index (χ2n) is 6.75. The molecule has 0 saturated carbocycles. The van der Waals surface area contributed by atoms with E-state index in [1.165, 1.54) is 13.8 Å². The Labute approximate surface area is 185 Å².